The molecule has 1 fully saturated rings. The van der Waals surface area contributed by atoms with Crippen LogP contribution in [0.1, 0.15) is 33.6 Å². The second kappa shape index (κ2) is 4.64. The number of amides is 1. The standard InChI is InChI=1S/C11H19NO3/c1-7(2)12(6-8(3)11(14)15)10(13)9-4-5-9/h7-9H,4-6H2,1-3H3,(H,14,15). The van der Waals surface area contributed by atoms with Gasteiger partial charge in [0.15, 0.2) is 0 Å². The molecule has 1 amide bonds. The molecule has 15 heavy (non-hydrogen) atoms. The summed E-state index contributed by atoms with van der Waals surface area (Å²) in [6.45, 7) is 5.81. The maximum atomic E-state index is 11.8. The van der Waals surface area contributed by atoms with Crippen LogP contribution in [0.2, 0.25) is 0 Å². The van der Waals surface area contributed by atoms with Crippen LogP contribution in [0.3, 0.4) is 0 Å². The Bertz CT molecular complexity index is 259. The number of carboxylic acid groups (broad SMARTS) is 1. The van der Waals surface area contributed by atoms with Crippen molar-refractivity contribution in [3.8, 4) is 0 Å². The Labute approximate surface area is 90.3 Å². The Balaban J connectivity index is 2.57. The van der Waals surface area contributed by atoms with E-state index in [1.54, 1.807) is 11.8 Å². The highest BCUT2D eigenvalue weighted by Crippen LogP contribution is 2.31. The summed E-state index contributed by atoms with van der Waals surface area (Å²) < 4.78 is 0. The fourth-order valence-corrected chi connectivity index (χ4v) is 1.49. The summed E-state index contributed by atoms with van der Waals surface area (Å²) in [6.07, 6.45) is 1.92. The molecule has 0 radical (unpaired) electrons. The lowest BCUT2D eigenvalue weighted by Gasteiger charge is -2.28. The van der Waals surface area contributed by atoms with Crippen LogP contribution in [-0.2, 0) is 9.59 Å². The van der Waals surface area contributed by atoms with E-state index >= 15 is 0 Å². The molecule has 86 valence electrons. The quantitative estimate of drug-likeness (QED) is 0.750. The van der Waals surface area contributed by atoms with Crippen LogP contribution >= 0.6 is 0 Å². The zero-order valence-corrected chi connectivity index (χ0v) is 9.56. The molecular formula is C11H19NO3. The van der Waals surface area contributed by atoms with Crippen LogP contribution in [0, 0.1) is 11.8 Å². The Hall–Kier alpha value is -1.06. The summed E-state index contributed by atoms with van der Waals surface area (Å²) >= 11 is 0. The minimum atomic E-state index is -0.843. The van der Waals surface area contributed by atoms with Crippen LogP contribution in [0.15, 0.2) is 0 Å². The highest BCUT2D eigenvalue weighted by atomic mass is 16.4. The molecule has 1 unspecified atom stereocenters. The molecule has 0 aromatic rings. The van der Waals surface area contributed by atoms with Gasteiger partial charge in [-0.05, 0) is 26.7 Å². The summed E-state index contributed by atoms with van der Waals surface area (Å²) in [7, 11) is 0. The molecule has 1 atom stereocenters. The predicted octanol–water partition coefficient (Wildman–Crippen LogP) is 1.35. The normalized spacial score (nSPS) is 17.6. The predicted molar refractivity (Wildman–Crippen MR) is 56.4 cm³/mol. The van der Waals surface area contributed by atoms with Gasteiger partial charge in [0.05, 0.1) is 5.92 Å². The summed E-state index contributed by atoms with van der Waals surface area (Å²) in [5, 5.41) is 8.81. The van der Waals surface area contributed by atoms with Crippen molar-refractivity contribution >= 4 is 11.9 Å². The molecule has 1 aliphatic carbocycles. The number of carbonyl (C=O) groups is 2. The molecule has 0 aromatic carbocycles. The van der Waals surface area contributed by atoms with Gasteiger partial charge in [-0.2, -0.15) is 0 Å². The second-order valence-corrected chi connectivity index (χ2v) is 4.60. The first-order valence-electron chi connectivity index (χ1n) is 5.46. The van der Waals surface area contributed by atoms with Crippen LogP contribution < -0.4 is 0 Å². The minimum absolute atomic E-state index is 0.0832. The van der Waals surface area contributed by atoms with Crippen LogP contribution in [0.4, 0.5) is 0 Å². The zero-order valence-electron chi connectivity index (χ0n) is 9.56. The molecule has 0 heterocycles. The van der Waals surface area contributed by atoms with E-state index in [9.17, 15) is 9.59 Å². The van der Waals surface area contributed by atoms with Gasteiger partial charge < -0.3 is 10.0 Å². The maximum Gasteiger partial charge on any atom is 0.308 e. The molecule has 4 heteroatoms. The number of hydrogen-bond acceptors (Lipinski definition) is 2. The van der Waals surface area contributed by atoms with Gasteiger partial charge in [0, 0.05) is 18.5 Å². The lowest BCUT2D eigenvalue weighted by molar-refractivity contribution is -0.144. The summed E-state index contributed by atoms with van der Waals surface area (Å²) in [4.78, 5) is 24.3. The lowest BCUT2D eigenvalue weighted by Crippen LogP contribution is -2.42. The van der Waals surface area contributed by atoms with Crippen molar-refractivity contribution in [3.05, 3.63) is 0 Å². The van der Waals surface area contributed by atoms with Gasteiger partial charge in [0.25, 0.3) is 0 Å². The highest BCUT2D eigenvalue weighted by molar-refractivity contribution is 5.82. The van der Waals surface area contributed by atoms with E-state index in [-0.39, 0.29) is 17.9 Å². The third-order valence-corrected chi connectivity index (χ3v) is 2.73. The molecule has 0 saturated heterocycles. The fourth-order valence-electron chi connectivity index (χ4n) is 1.49. The van der Waals surface area contributed by atoms with Gasteiger partial charge in [-0.15, -0.1) is 0 Å². The maximum absolute atomic E-state index is 11.8. The second-order valence-electron chi connectivity index (χ2n) is 4.60. The summed E-state index contributed by atoms with van der Waals surface area (Å²) in [5.41, 5.74) is 0. The Morgan fingerprint density at radius 1 is 1.33 bits per heavy atom. The number of rotatable bonds is 5. The molecule has 1 saturated carbocycles. The average Bonchev–Trinajstić information content (AvgIpc) is 2.94. The van der Waals surface area contributed by atoms with Crippen LogP contribution in [0.5, 0.6) is 0 Å². The van der Waals surface area contributed by atoms with Gasteiger partial charge in [-0.25, -0.2) is 0 Å². The number of hydrogen-bond donors (Lipinski definition) is 1. The largest absolute Gasteiger partial charge is 0.481 e. The smallest absolute Gasteiger partial charge is 0.308 e. The molecule has 4 nitrogen and oxygen atoms in total. The third kappa shape index (κ3) is 3.22. The van der Waals surface area contributed by atoms with Gasteiger partial charge in [-0.1, -0.05) is 6.92 Å². The first-order chi connectivity index (χ1) is 6.93. The minimum Gasteiger partial charge on any atom is -0.481 e. The van der Waals surface area contributed by atoms with Gasteiger partial charge in [-0.3, -0.25) is 9.59 Å². The van der Waals surface area contributed by atoms with Crippen molar-refractivity contribution in [1.82, 2.24) is 4.90 Å². The average molecular weight is 213 g/mol. The SMILES string of the molecule is CC(CN(C(=O)C1CC1)C(C)C)C(=O)O. The van der Waals surface area contributed by atoms with Crippen molar-refractivity contribution in [3.63, 3.8) is 0 Å². The van der Waals surface area contributed by atoms with E-state index in [1.807, 2.05) is 13.8 Å². The van der Waals surface area contributed by atoms with Gasteiger partial charge in [0.1, 0.15) is 0 Å². The van der Waals surface area contributed by atoms with E-state index in [1.165, 1.54) is 0 Å². The van der Waals surface area contributed by atoms with E-state index in [2.05, 4.69) is 0 Å². The summed E-state index contributed by atoms with van der Waals surface area (Å²) in [6, 6.07) is 0.0832. The van der Waals surface area contributed by atoms with Crippen molar-refractivity contribution < 1.29 is 14.7 Å². The van der Waals surface area contributed by atoms with Gasteiger partial charge in [0.2, 0.25) is 5.91 Å². The molecule has 0 aliphatic heterocycles. The van der Waals surface area contributed by atoms with Crippen LogP contribution in [0.25, 0.3) is 0 Å². The van der Waals surface area contributed by atoms with E-state index < -0.39 is 11.9 Å². The van der Waals surface area contributed by atoms with E-state index in [0.29, 0.717) is 6.54 Å². The zero-order chi connectivity index (χ0) is 11.6. The third-order valence-electron chi connectivity index (χ3n) is 2.73. The molecule has 1 aliphatic rings. The first-order valence-corrected chi connectivity index (χ1v) is 5.46. The number of carboxylic acids is 1. The molecule has 1 N–H and O–H groups in total. The van der Waals surface area contributed by atoms with Crippen molar-refractivity contribution in [2.24, 2.45) is 11.8 Å². The van der Waals surface area contributed by atoms with Crippen molar-refractivity contribution in [2.75, 3.05) is 6.54 Å². The lowest BCUT2D eigenvalue weighted by atomic mass is 10.1. The molecule has 0 spiro atoms. The van der Waals surface area contributed by atoms with Crippen LogP contribution in [-0.4, -0.2) is 34.5 Å². The van der Waals surface area contributed by atoms with Crippen molar-refractivity contribution in [2.45, 2.75) is 39.7 Å². The van der Waals surface area contributed by atoms with E-state index in [0.717, 1.165) is 12.8 Å². The fraction of sp³-hybridized carbons (Fsp3) is 0.818. The Kier molecular flexibility index (Phi) is 3.72. The monoisotopic (exact) mass is 213 g/mol. The topological polar surface area (TPSA) is 57.6 Å². The number of aliphatic carboxylic acids is 1. The molecule has 1 rings (SSSR count). The Morgan fingerprint density at radius 2 is 1.87 bits per heavy atom. The number of nitrogens with zero attached hydrogens (tertiary/aromatic N) is 1. The molecule has 0 bridgehead atoms. The van der Waals surface area contributed by atoms with E-state index in [4.69, 9.17) is 5.11 Å². The Morgan fingerprint density at radius 3 is 2.20 bits per heavy atom. The van der Waals surface area contributed by atoms with Gasteiger partial charge >= 0.3 is 5.97 Å². The first kappa shape index (κ1) is 12.0. The molecule has 0 aromatic heterocycles. The summed E-state index contributed by atoms with van der Waals surface area (Å²) in [5.74, 6) is -1.05. The van der Waals surface area contributed by atoms with Crippen molar-refractivity contribution in [1.29, 1.82) is 0 Å². The highest BCUT2D eigenvalue weighted by Gasteiger charge is 2.35. The molecular weight excluding hydrogens is 194 g/mol. The number of carbonyl (C=O) groups excluding carboxylic acids is 1.